The monoisotopic (exact) mass is 292 g/mol. The molecule has 112 valence electrons. The molecule has 22 heavy (non-hydrogen) atoms. The molecule has 1 aromatic carbocycles. The summed E-state index contributed by atoms with van der Waals surface area (Å²) in [5.41, 5.74) is 3.80. The molecule has 2 nitrogen and oxygen atoms in total. The molecule has 0 spiro atoms. The number of ether oxygens (including phenoxy) is 1. The van der Waals surface area contributed by atoms with Crippen LogP contribution in [0.3, 0.4) is 0 Å². The van der Waals surface area contributed by atoms with Gasteiger partial charge in [0.1, 0.15) is 5.75 Å². The zero-order valence-corrected chi connectivity index (χ0v) is 12.8. The van der Waals surface area contributed by atoms with Crippen molar-refractivity contribution in [3.05, 3.63) is 59.7 Å². The van der Waals surface area contributed by atoms with E-state index in [1.54, 1.807) is 7.11 Å². The number of benzene rings is 1. The summed E-state index contributed by atoms with van der Waals surface area (Å²) in [6.45, 7) is 0. The second kappa shape index (κ2) is 5.28. The van der Waals surface area contributed by atoms with Crippen molar-refractivity contribution in [1.29, 1.82) is 0 Å². The van der Waals surface area contributed by atoms with Crippen LogP contribution in [0.25, 0.3) is 5.57 Å². The van der Waals surface area contributed by atoms with E-state index >= 15 is 0 Å². The SMILES string of the molecule is COc1ccc(C2=CC(=O)CC(C3=CC=CC4CC34)C2)cc1. The van der Waals surface area contributed by atoms with Gasteiger partial charge in [-0.2, -0.15) is 0 Å². The Bertz CT molecular complexity index is 691. The van der Waals surface area contributed by atoms with Crippen molar-refractivity contribution in [3.8, 4) is 5.75 Å². The summed E-state index contributed by atoms with van der Waals surface area (Å²) < 4.78 is 5.21. The number of ketones is 1. The van der Waals surface area contributed by atoms with Crippen LogP contribution in [-0.4, -0.2) is 12.9 Å². The van der Waals surface area contributed by atoms with E-state index in [0.717, 1.165) is 29.2 Å². The van der Waals surface area contributed by atoms with Gasteiger partial charge in [-0.1, -0.05) is 35.9 Å². The molecule has 3 atom stereocenters. The maximum Gasteiger partial charge on any atom is 0.156 e. The highest BCUT2D eigenvalue weighted by molar-refractivity contribution is 5.99. The van der Waals surface area contributed by atoms with E-state index in [9.17, 15) is 4.79 Å². The Morgan fingerprint density at radius 2 is 1.95 bits per heavy atom. The molecule has 2 heteroatoms. The minimum Gasteiger partial charge on any atom is -0.497 e. The topological polar surface area (TPSA) is 26.3 Å². The molecule has 3 aliphatic rings. The molecule has 0 heterocycles. The molecule has 0 amide bonds. The maximum absolute atomic E-state index is 12.2. The van der Waals surface area contributed by atoms with Crippen molar-refractivity contribution in [3.63, 3.8) is 0 Å². The molecule has 0 aliphatic heterocycles. The Hall–Kier alpha value is -2.09. The molecule has 3 unspecified atom stereocenters. The smallest absolute Gasteiger partial charge is 0.156 e. The van der Waals surface area contributed by atoms with Crippen LogP contribution in [0.1, 0.15) is 24.8 Å². The van der Waals surface area contributed by atoms with Gasteiger partial charge in [-0.15, -0.1) is 0 Å². The highest BCUT2D eigenvalue weighted by atomic mass is 16.5. The average Bonchev–Trinajstić information content (AvgIpc) is 3.34. The van der Waals surface area contributed by atoms with Gasteiger partial charge in [-0.05, 0) is 59.9 Å². The van der Waals surface area contributed by atoms with Crippen LogP contribution in [0.15, 0.2) is 54.1 Å². The van der Waals surface area contributed by atoms with Crippen LogP contribution < -0.4 is 4.74 Å². The van der Waals surface area contributed by atoms with E-state index in [1.807, 2.05) is 18.2 Å². The van der Waals surface area contributed by atoms with Crippen LogP contribution in [0.4, 0.5) is 0 Å². The predicted molar refractivity (Wildman–Crippen MR) is 87.5 cm³/mol. The molecule has 1 aromatic rings. The number of methoxy groups -OCH3 is 1. The van der Waals surface area contributed by atoms with E-state index in [4.69, 9.17) is 4.74 Å². The first-order valence-corrected chi connectivity index (χ1v) is 8.00. The van der Waals surface area contributed by atoms with Crippen LogP contribution in [0.5, 0.6) is 5.75 Å². The Morgan fingerprint density at radius 1 is 1.14 bits per heavy atom. The molecule has 1 fully saturated rings. The molecule has 1 saturated carbocycles. The minimum absolute atomic E-state index is 0.259. The molecular weight excluding hydrogens is 272 g/mol. The minimum atomic E-state index is 0.259. The van der Waals surface area contributed by atoms with E-state index < -0.39 is 0 Å². The summed E-state index contributed by atoms with van der Waals surface area (Å²) in [6, 6.07) is 8.03. The molecule has 0 bridgehead atoms. The normalized spacial score (nSPS) is 29.5. The van der Waals surface area contributed by atoms with Crippen LogP contribution in [-0.2, 0) is 4.79 Å². The van der Waals surface area contributed by atoms with Crippen molar-refractivity contribution < 1.29 is 9.53 Å². The quantitative estimate of drug-likeness (QED) is 0.835. The average molecular weight is 292 g/mol. The van der Waals surface area contributed by atoms with Gasteiger partial charge < -0.3 is 4.74 Å². The van der Waals surface area contributed by atoms with Crippen LogP contribution in [0, 0.1) is 17.8 Å². The Balaban J connectivity index is 1.59. The third kappa shape index (κ3) is 2.43. The Morgan fingerprint density at radius 3 is 2.73 bits per heavy atom. The number of rotatable bonds is 3. The van der Waals surface area contributed by atoms with Gasteiger partial charge in [0, 0.05) is 6.42 Å². The molecule has 0 saturated heterocycles. The number of fused-ring (bicyclic) bond motifs is 1. The largest absolute Gasteiger partial charge is 0.497 e. The van der Waals surface area contributed by atoms with E-state index in [1.165, 1.54) is 12.0 Å². The Kier molecular flexibility index (Phi) is 3.25. The van der Waals surface area contributed by atoms with E-state index in [0.29, 0.717) is 18.3 Å². The molecular formula is C20H20O2. The lowest BCUT2D eigenvalue weighted by Gasteiger charge is -2.26. The van der Waals surface area contributed by atoms with E-state index in [-0.39, 0.29) is 5.78 Å². The summed E-state index contributed by atoms with van der Waals surface area (Å²) in [5, 5.41) is 0. The maximum atomic E-state index is 12.2. The highest BCUT2D eigenvalue weighted by Gasteiger charge is 2.42. The van der Waals surface area contributed by atoms with Crippen molar-refractivity contribution in [2.75, 3.05) is 7.11 Å². The first-order chi connectivity index (χ1) is 10.7. The summed E-state index contributed by atoms with van der Waals surface area (Å²) >= 11 is 0. The fraction of sp³-hybridized carbons (Fsp3) is 0.350. The number of carbonyl (C=O) groups excluding carboxylic acids is 1. The van der Waals surface area contributed by atoms with E-state index in [2.05, 4.69) is 30.4 Å². The van der Waals surface area contributed by atoms with Gasteiger partial charge in [0.15, 0.2) is 5.78 Å². The number of carbonyl (C=O) groups is 1. The van der Waals surface area contributed by atoms with Gasteiger partial charge >= 0.3 is 0 Å². The summed E-state index contributed by atoms with van der Waals surface area (Å²) in [5.74, 6) is 2.94. The summed E-state index contributed by atoms with van der Waals surface area (Å²) in [4.78, 5) is 12.2. The molecule has 3 aliphatic carbocycles. The standard InChI is InChI=1S/C20H20O2/c1-22-18-7-5-13(6-8-18)15-9-16(11-17(21)10-15)19-4-2-3-14-12-20(14)19/h2-8,10,14,16,20H,9,11-12H2,1H3. The molecule has 4 rings (SSSR count). The van der Waals surface area contributed by atoms with Gasteiger partial charge in [-0.25, -0.2) is 0 Å². The zero-order valence-electron chi connectivity index (χ0n) is 12.8. The highest BCUT2D eigenvalue weighted by Crippen LogP contribution is 2.52. The molecule has 0 radical (unpaired) electrons. The zero-order chi connectivity index (χ0) is 15.1. The lowest BCUT2D eigenvalue weighted by molar-refractivity contribution is -0.115. The van der Waals surface area contributed by atoms with Crippen LogP contribution >= 0.6 is 0 Å². The summed E-state index contributed by atoms with van der Waals surface area (Å²) in [7, 11) is 1.67. The lowest BCUT2D eigenvalue weighted by atomic mass is 9.78. The van der Waals surface area contributed by atoms with Crippen molar-refractivity contribution in [2.24, 2.45) is 17.8 Å². The van der Waals surface area contributed by atoms with Crippen LogP contribution in [0.2, 0.25) is 0 Å². The third-order valence-electron chi connectivity index (χ3n) is 5.10. The Labute approximate surface area is 131 Å². The van der Waals surface area contributed by atoms with Crippen molar-refractivity contribution in [1.82, 2.24) is 0 Å². The van der Waals surface area contributed by atoms with Gasteiger partial charge in [-0.3, -0.25) is 4.79 Å². The first kappa shape index (κ1) is 13.6. The van der Waals surface area contributed by atoms with Crippen molar-refractivity contribution >= 4 is 11.4 Å². The van der Waals surface area contributed by atoms with Gasteiger partial charge in [0.05, 0.1) is 7.11 Å². The first-order valence-electron chi connectivity index (χ1n) is 8.00. The second-order valence-electron chi connectivity index (χ2n) is 6.53. The second-order valence-corrected chi connectivity index (χ2v) is 6.53. The number of hydrogen-bond donors (Lipinski definition) is 0. The third-order valence-corrected chi connectivity index (χ3v) is 5.10. The van der Waals surface area contributed by atoms with Gasteiger partial charge in [0.2, 0.25) is 0 Å². The lowest BCUT2D eigenvalue weighted by Crippen LogP contribution is -2.17. The number of allylic oxidation sites excluding steroid dienone is 6. The predicted octanol–water partition coefficient (Wildman–Crippen LogP) is 4.19. The fourth-order valence-corrected chi connectivity index (χ4v) is 3.82. The van der Waals surface area contributed by atoms with Gasteiger partial charge in [0.25, 0.3) is 0 Å². The summed E-state index contributed by atoms with van der Waals surface area (Å²) in [6.07, 6.45) is 11.5. The molecule has 0 N–H and O–H groups in total. The fourth-order valence-electron chi connectivity index (χ4n) is 3.82. The molecule has 0 aromatic heterocycles. The number of hydrogen-bond acceptors (Lipinski definition) is 2. The van der Waals surface area contributed by atoms with Crippen molar-refractivity contribution in [2.45, 2.75) is 19.3 Å².